The van der Waals surface area contributed by atoms with Crippen molar-refractivity contribution in [3.63, 3.8) is 0 Å². The van der Waals surface area contributed by atoms with Gasteiger partial charge in [-0.15, -0.1) is 0 Å². The molecule has 0 bridgehead atoms. The second-order valence-corrected chi connectivity index (χ2v) is 6.85. The lowest BCUT2D eigenvalue weighted by Gasteiger charge is -2.18. The number of hydrogen-bond donors (Lipinski definition) is 1. The van der Waals surface area contributed by atoms with Crippen LogP contribution in [0.4, 0.5) is 0 Å². The smallest absolute Gasteiger partial charge is 0.224 e. The Morgan fingerprint density at radius 2 is 2.17 bits per heavy atom. The number of hydrogen-bond acceptors (Lipinski definition) is 5. The van der Waals surface area contributed by atoms with Crippen molar-refractivity contribution >= 4 is 5.91 Å². The van der Waals surface area contributed by atoms with Gasteiger partial charge in [0.25, 0.3) is 0 Å². The highest BCUT2D eigenvalue weighted by Gasteiger charge is 2.28. The topological polar surface area (TPSA) is 67.3 Å². The number of aryl methyl sites for hydroxylation is 2. The fraction of sp³-hybridized carbons (Fsp3) is 0.722. The van der Waals surface area contributed by atoms with E-state index in [0.717, 1.165) is 57.0 Å². The second-order valence-electron chi connectivity index (χ2n) is 6.85. The molecule has 1 N–H and O–H groups in total. The van der Waals surface area contributed by atoms with Crippen molar-refractivity contribution in [3.05, 3.63) is 22.8 Å². The van der Waals surface area contributed by atoms with E-state index >= 15 is 0 Å². The van der Waals surface area contributed by atoms with E-state index in [-0.39, 0.29) is 11.8 Å². The molecule has 0 spiro atoms. The lowest BCUT2D eigenvalue weighted by Crippen LogP contribution is -2.33. The standard InChI is InChI=1S/C18H28N4O2/c1-13-15-5-3-4-6-16(15)21-17(20-13)11-19-18(23)14-7-8-22(12-14)9-10-24-2/h14H,3-12H2,1-2H3,(H,19,23)/t14-/m1/s1. The summed E-state index contributed by atoms with van der Waals surface area (Å²) in [7, 11) is 1.71. The Kier molecular flexibility index (Phi) is 5.79. The first-order valence-corrected chi connectivity index (χ1v) is 9.01. The molecule has 6 nitrogen and oxygen atoms in total. The molecule has 6 heteroatoms. The highest BCUT2D eigenvalue weighted by atomic mass is 16.5. The quantitative estimate of drug-likeness (QED) is 0.849. The number of amides is 1. The first-order valence-electron chi connectivity index (χ1n) is 9.01. The van der Waals surface area contributed by atoms with Crippen molar-refractivity contribution in [3.8, 4) is 0 Å². The van der Waals surface area contributed by atoms with Crippen LogP contribution in [0.1, 0.15) is 42.0 Å². The van der Waals surface area contributed by atoms with Crippen molar-refractivity contribution < 1.29 is 9.53 Å². The van der Waals surface area contributed by atoms with E-state index in [1.807, 2.05) is 0 Å². The lowest BCUT2D eigenvalue weighted by atomic mass is 9.95. The Morgan fingerprint density at radius 1 is 1.33 bits per heavy atom. The van der Waals surface area contributed by atoms with Crippen LogP contribution in [0.15, 0.2) is 0 Å². The molecule has 24 heavy (non-hydrogen) atoms. The molecule has 1 aliphatic heterocycles. The molecule has 1 saturated heterocycles. The third kappa shape index (κ3) is 4.11. The molecular weight excluding hydrogens is 304 g/mol. The van der Waals surface area contributed by atoms with E-state index in [0.29, 0.717) is 6.54 Å². The summed E-state index contributed by atoms with van der Waals surface area (Å²) >= 11 is 0. The zero-order valence-corrected chi connectivity index (χ0v) is 14.8. The predicted molar refractivity (Wildman–Crippen MR) is 91.7 cm³/mol. The Labute approximate surface area is 144 Å². The summed E-state index contributed by atoms with van der Waals surface area (Å²) in [5.74, 6) is 0.935. The minimum Gasteiger partial charge on any atom is -0.383 e. The molecule has 132 valence electrons. The molecule has 1 amide bonds. The third-order valence-corrected chi connectivity index (χ3v) is 5.11. The number of carbonyl (C=O) groups is 1. The molecule has 0 saturated carbocycles. The summed E-state index contributed by atoms with van der Waals surface area (Å²) < 4.78 is 5.10. The van der Waals surface area contributed by atoms with Crippen LogP contribution < -0.4 is 5.32 Å². The van der Waals surface area contributed by atoms with Crippen molar-refractivity contribution in [2.45, 2.75) is 45.6 Å². The van der Waals surface area contributed by atoms with Gasteiger partial charge in [0.15, 0.2) is 0 Å². The van der Waals surface area contributed by atoms with Gasteiger partial charge >= 0.3 is 0 Å². The average molecular weight is 332 g/mol. The van der Waals surface area contributed by atoms with Gasteiger partial charge in [-0.25, -0.2) is 9.97 Å². The summed E-state index contributed by atoms with van der Waals surface area (Å²) in [4.78, 5) is 23.9. The van der Waals surface area contributed by atoms with Crippen LogP contribution in [-0.4, -0.2) is 54.1 Å². The number of aromatic nitrogens is 2. The summed E-state index contributed by atoms with van der Waals surface area (Å²) in [5.41, 5.74) is 3.58. The van der Waals surface area contributed by atoms with Crippen molar-refractivity contribution in [2.75, 3.05) is 33.4 Å². The Morgan fingerprint density at radius 3 is 3.00 bits per heavy atom. The van der Waals surface area contributed by atoms with Gasteiger partial charge in [-0.2, -0.15) is 0 Å². The molecule has 0 aromatic carbocycles. The monoisotopic (exact) mass is 332 g/mol. The number of carbonyl (C=O) groups excluding carboxylic acids is 1. The van der Waals surface area contributed by atoms with Crippen LogP contribution in [0.25, 0.3) is 0 Å². The molecule has 2 heterocycles. The molecule has 0 unspecified atom stereocenters. The maximum Gasteiger partial charge on any atom is 0.224 e. The van der Waals surface area contributed by atoms with Crippen LogP contribution in [0.3, 0.4) is 0 Å². The van der Waals surface area contributed by atoms with Crippen molar-refractivity contribution in [2.24, 2.45) is 5.92 Å². The van der Waals surface area contributed by atoms with Gasteiger partial charge in [-0.05, 0) is 51.1 Å². The van der Waals surface area contributed by atoms with Gasteiger partial charge in [0.2, 0.25) is 5.91 Å². The van der Waals surface area contributed by atoms with Crippen LogP contribution in [0, 0.1) is 12.8 Å². The van der Waals surface area contributed by atoms with Crippen molar-refractivity contribution in [1.29, 1.82) is 0 Å². The van der Waals surface area contributed by atoms with Crippen LogP contribution in [-0.2, 0) is 28.9 Å². The van der Waals surface area contributed by atoms with E-state index in [2.05, 4.69) is 27.1 Å². The summed E-state index contributed by atoms with van der Waals surface area (Å²) in [6.07, 6.45) is 5.48. The Bertz CT molecular complexity index is 591. The highest BCUT2D eigenvalue weighted by molar-refractivity contribution is 5.79. The minimum absolute atomic E-state index is 0.0700. The molecule has 1 fully saturated rings. The predicted octanol–water partition coefficient (Wildman–Crippen LogP) is 1.25. The van der Waals surface area contributed by atoms with E-state index in [1.54, 1.807) is 7.11 Å². The minimum atomic E-state index is 0.0700. The third-order valence-electron chi connectivity index (χ3n) is 5.11. The van der Waals surface area contributed by atoms with Crippen molar-refractivity contribution in [1.82, 2.24) is 20.2 Å². The molecule has 1 atom stereocenters. The maximum atomic E-state index is 12.4. The number of nitrogens with zero attached hydrogens (tertiary/aromatic N) is 3. The zero-order valence-electron chi connectivity index (χ0n) is 14.8. The molecule has 1 aromatic rings. The zero-order chi connectivity index (χ0) is 16.9. The number of rotatable bonds is 6. The number of methoxy groups -OCH3 is 1. The SMILES string of the molecule is COCCN1CC[C@@H](C(=O)NCc2nc(C)c3c(n2)CCCC3)C1. The highest BCUT2D eigenvalue weighted by Crippen LogP contribution is 2.21. The van der Waals surface area contributed by atoms with E-state index in [4.69, 9.17) is 4.74 Å². The van der Waals surface area contributed by atoms with Gasteiger partial charge in [0.1, 0.15) is 5.82 Å². The van der Waals surface area contributed by atoms with Crippen LogP contribution in [0.5, 0.6) is 0 Å². The number of ether oxygens (including phenoxy) is 1. The fourth-order valence-corrected chi connectivity index (χ4v) is 3.70. The van der Waals surface area contributed by atoms with Crippen LogP contribution in [0.2, 0.25) is 0 Å². The summed E-state index contributed by atoms with van der Waals surface area (Å²) in [6, 6.07) is 0. The second kappa shape index (κ2) is 8.03. The molecule has 1 aromatic heterocycles. The number of nitrogens with one attached hydrogen (secondary N) is 1. The first-order chi connectivity index (χ1) is 11.7. The van der Waals surface area contributed by atoms with Gasteiger partial charge < -0.3 is 15.0 Å². The van der Waals surface area contributed by atoms with Gasteiger partial charge in [0.05, 0.1) is 19.1 Å². The molecular formula is C18H28N4O2. The van der Waals surface area contributed by atoms with Gasteiger partial charge in [-0.1, -0.05) is 0 Å². The van der Waals surface area contributed by atoms with Crippen LogP contribution >= 0.6 is 0 Å². The first kappa shape index (κ1) is 17.3. The van der Waals surface area contributed by atoms with E-state index < -0.39 is 0 Å². The lowest BCUT2D eigenvalue weighted by molar-refractivity contribution is -0.124. The van der Waals surface area contributed by atoms with Gasteiger partial charge in [-0.3, -0.25) is 4.79 Å². The number of likely N-dealkylation sites (tertiary alicyclic amines) is 1. The number of fused-ring (bicyclic) bond motifs is 1. The van der Waals surface area contributed by atoms with Gasteiger partial charge in [0, 0.05) is 31.6 Å². The molecule has 3 rings (SSSR count). The summed E-state index contributed by atoms with van der Waals surface area (Å²) in [6.45, 7) is 5.89. The summed E-state index contributed by atoms with van der Waals surface area (Å²) in [5, 5.41) is 3.03. The average Bonchev–Trinajstić information content (AvgIpc) is 3.07. The largest absolute Gasteiger partial charge is 0.383 e. The van der Waals surface area contributed by atoms with E-state index in [9.17, 15) is 4.79 Å². The molecule has 1 aliphatic carbocycles. The Balaban J connectivity index is 1.52. The maximum absolute atomic E-state index is 12.4. The molecule has 0 radical (unpaired) electrons. The fourth-order valence-electron chi connectivity index (χ4n) is 3.70. The normalized spacial score (nSPS) is 20.8. The Hall–Kier alpha value is -1.53. The van der Waals surface area contributed by atoms with E-state index in [1.165, 1.54) is 24.1 Å². The molecule has 2 aliphatic rings.